The van der Waals surface area contributed by atoms with Crippen LogP contribution in [0.15, 0.2) is 24.3 Å². The van der Waals surface area contributed by atoms with Gasteiger partial charge in [0.2, 0.25) is 5.91 Å². The molecule has 0 bridgehead atoms. The molecule has 0 saturated heterocycles. The van der Waals surface area contributed by atoms with Crippen molar-refractivity contribution in [3.8, 4) is 0 Å². The lowest BCUT2D eigenvalue weighted by Gasteiger charge is -2.14. The number of amides is 1. The molecule has 5 nitrogen and oxygen atoms in total. The van der Waals surface area contributed by atoms with Crippen molar-refractivity contribution in [2.75, 3.05) is 13.2 Å². The molecule has 1 atom stereocenters. The van der Waals surface area contributed by atoms with E-state index >= 15 is 0 Å². The van der Waals surface area contributed by atoms with Crippen LogP contribution >= 0.6 is 11.6 Å². The van der Waals surface area contributed by atoms with E-state index in [1.54, 1.807) is 31.2 Å². The summed E-state index contributed by atoms with van der Waals surface area (Å²) in [4.78, 5) is 22.5. The lowest BCUT2D eigenvalue weighted by Crippen LogP contribution is -2.43. The summed E-state index contributed by atoms with van der Waals surface area (Å²) in [6.45, 7) is 2.03. The monoisotopic (exact) mass is 285 g/mol. The lowest BCUT2D eigenvalue weighted by molar-refractivity contribution is -0.142. The van der Waals surface area contributed by atoms with Gasteiger partial charge in [-0.3, -0.25) is 4.79 Å². The first-order valence-electron chi connectivity index (χ1n) is 5.87. The summed E-state index contributed by atoms with van der Waals surface area (Å²) in [5, 5.41) is 12.1. The smallest absolute Gasteiger partial charge is 0.326 e. The summed E-state index contributed by atoms with van der Waals surface area (Å²) in [7, 11) is 0. The number of carbonyl (C=O) groups is 2. The maximum atomic E-state index is 11.4. The van der Waals surface area contributed by atoms with E-state index in [0.29, 0.717) is 11.6 Å². The maximum Gasteiger partial charge on any atom is 0.326 e. The third-order valence-electron chi connectivity index (χ3n) is 2.42. The molecule has 0 aliphatic heterocycles. The summed E-state index contributed by atoms with van der Waals surface area (Å²) in [5.74, 6) is -1.52. The summed E-state index contributed by atoms with van der Waals surface area (Å²) in [6, 6.07) is 5.84. The van der Waals surface area contributed by atoms with E-state index < -0.39 is 17.9 Å². The van der Waals surface area contributed by atoms with Crippen molar-refractivity contribution in [3.05, 3.63) is 34.9 Å². The van der Waals surface area contributed by atoms with E-state index in [2.05, 4.69) is 5.32 Å². The average molecular weight is 286 g/mol. The van der Waals surface area contributed by atoms with Gasteiger partial charge in [-0.2, -0.15) is 0 Å². The van der Waals surface area contributed by atoms with Gasteiger partial charge in [0.05, 0.1) is 0 Å². The van der Waals surface area contributed by atoms with Crippen molar-refractivity contribution in [3.63, 3.8) is 0 Å². The van der Waals surface area contributed by atoms with Crippen molar-refractivity contribution in [1.82, 2.24) is 5.32 Å². The van der Waals surface area contributed by atoms with Crippen LogP contribution in [0.5, 0.6) is 0 Å². The number of hydrogen-bond donors (Lipinski definition) is 2. The molecule has 0 aliphatic rings. The van der Waals surface area contributed by atoms with Crippen LogP contribution in [-0.4, -0.2) is 36.2 Å². The Kier molecular flexibility index (Phi) is 6.32. The van der Waals surface area contributed by atoms with E-state index in [0.717, 1.165) is 5.56 Å². The highest BCUT2D eigenvalue weighted by Gasteiger charge is 2.20. The van der Waals surface area contributed by atoms with E-state index in [1.807, 2.05) is 0 Å². The van der Waals surface area contributed by atoms with Gasteiger partial charge in [-0.25, -0.2) is 4.79 Å². The Morgan fingerprint density at radius 2 is 2.00 bits per heavy atom. The first-order chi connectivity index (χ1) is 9.02. The van der Waals surface area contributed by atoms with Gasteiger partial charge < -0.3 is 15.2 Å². The third-order valence-corrected chi connectivity index (χ3v) is 2.68. The molecule has 1 amide bonds. The van der Waals surface area contributed by atoms with Crippen LogP contribution < -0.4 is 5.32 Å². The van der Waals surface area contributed by atoms with Crippen LogP contribution in [0, 0.1) is 0 Å². The van der Waals surface area contributed by atoms with Crippen LogP contribution in [0.3, 0.4) is 0 Å². The van der Waals surface area contributed by atoms with Crippen molar-refractivity contribution in [1.29, 1.82) is 0 Å². The van der Waals surface area contributed by atoms with E-state index in [4.69, 9.17) is 21.4 Å². The number of carboxylic acid groups (broad SMARTS) is 1. The molecule has 19 heavy (non-hydrogen) atoms. The zero-order valence-corrected chi connectivity index (χ0v) is 11.3. The molecule has 0 saturated carbocycles. The molecule has 0 aromatic heterocycles. The van der Waals surface area contributed by atoms with Crippen LogP contribution in [0.1, 0.15) is 12.5 Å². The fourth-order valence-corrected chi connectivity index (χ4v) is 1.61. The molecule has 0 heterocycles. The Bertz CT molecular complexity index is 433. The van der Waals surface area contributed by atoms with E-state index in [-0.39, 0.29) is 13.0 Å². The Labute approximate surface area is 116 Å². The van der Waals surface area contributed by atoms with Crippen molar-refractivity contribution in [2.24, 2.45) is 0 Å². The second-order valence-electron chi connectivity index (χ2n) is 3.93. The molecular weight excluding hydrogens is 270 g/mol. The first kappa shape index (κ1) is 15.5. The predicted molar refractivity (Wildman–Crippen MR) is 71.2 cm³/mol. The number of nitrogens with one attached hydrogen (secondary N) is 1. The van der Waals surface area contributed by atoms with Crippen molar-refractivity contribution in [2.45, 2.75) is 19.4 Å². The van der Waals surface area contributed by atoms with Gasteiger partial charge in [-0.1, -0.05) is 23.7 Å². The molecule has 104 valence electrons. The van der Waals surface area contributed by atoms with Gasteiger partial charge >= 0.3 is 5.97 Å². The van der Waals surface area contributed by atoms with Gasteiger partial charge in [0, 0.05) is 18.1 Å². The number of aliphatic carboxylic acids is 1. The first-order valence-corrected chi connectivity index (χ1v) is 6.25. The van der Waals surface area contributed by atoms with Gasteiger partial charge in [-0.15, -0.1) is 0 Å². The summed E-state index contributed by atoms with van der Waals surface area (Å²) >= 11 is 5.75. The van der Waals surface area contributed by atoms with E-state index in [1.165, 1.54) is 0 Å². The van der Waals surface area contributed by atoms with Gasteiger partial charge in [-0.05, 0) is 24.6 Å². The highest BCUT2D eigenvalue weighted by molar-refractivity contribution is 6.30. The molecule has 6 heteroatoms. The average Bonchev–Trinajstić information content (AvgIpc) is 2.38. The molecule has 1 aromatic rings. The predicted octanol–water partition coefficient (Wildman–Crippen LogP) is 1.49. The standard InChI is InChI=1S/C13H16ClNO4/c1-2-19-8-12(16)15-11(13(17)18)7-9-3-5-10(14)6-4-9/h3-6,11H,2,7-8H2,1H3,(H,15,16)(H,17,18)/t11-/m1/s1. The fraction of sp³-hybridized carbons (Fsp3) is 0.385. The number of benzene rings is 1. The zero-order valence-electron chi connectivity index (χ0n) is 10.6. The topological polar surface area (TPSA) is 75.6 Å². The lowest BCUT2D eigenvalue weighted by atomic mass is 10.1. The Balaban J connectivity index is 2.60. The fourth-order valence-electron chi connectivity index (χ4n) is 1.49. The molecule has 2 N–H and O–H groups in total. The Hall–Kier alpha value is -1.59. The molecule has 1 rings (SSSR count). The molecule has 1 aromatic carbocycles. The Morgan fingerprint density at radius 1 is 1.37 bits per heavy atom. The molecule has 0 aliphatic carbocycles. The summed E-state index contributed by atoms with van der Waals surface area (Å²) < 4.78 is 4.92. The molecular formula is C13H16ClNO4. The van der Waals surface area contributed by atoms with Gasteiger partial charge in [0.25, 0.3) is 0 Å². The number of ether oxygens (including phenoxy) is 1. The molecule has 0 unspecified atom stereocenters. The number of rotatable bonds is 7. The van der Waals surface area contributed by atoms with Crippen molar-refractivity contribution >= 4 is 23.5 Å². The largest absolute Gasteiger partial charge is 0.480 e. The minimum absolute atomic E-state index is 0.138. The SMILES string of the molecule is CCOCC(=O)N[C@H](Cc1ccc(Cl)cc1)C(=O)O. The second-order valence-corrected chi connectivity index (χ2v) is 4.36. The normalized spacial score (nSPS) is 11.9. The molecule has 0 spiro atoms. The minimum atomic E-state index is -1.08. The quantitative estimate of drug-likeness (QED) is 0.796. The van der Waals surface area contributed by atoms with Crippen LogP contribution in [0.25, 0.3) is 0 Å². The second kappa shape index (κ2) is 7.76. The van der Waals surface area contributed by atoms with Gasteiger partial charge in [0.1, 0.15) is 12.6 Å². The molecule has 0 radical (unpaired) electrons. The number of carboxylic acids is 1. The number of carbonyl (C=O) groups excluding carboxylic acids is 1. The van der Waals surface area contributed by atoms with Crippen LogP contribution in [0.2, 0.25) is 5.02 Å². The highest BCUT2D eigenvalue weighted by atomic mass is 35.5. The third kappa shape index (κ3) is 5.72. The molecule has 0 fully saturated rings. The zero-order chi connectivity index (χ0) is 14.3. The summed E-state index contributed by atoms with van der Waals surface area (Å²) in [6.07, 6.45) is 0.199. The van der Waals surface area contributed by atoms with E-state index in [9.17, 15) is 9.59 Å². The van der Waals surface area contributed by atoms with Crippen LogP contribution in [-0.2, 0) is 20.7 Å². The van der Waals surface area contributed by atoms with Crippen molar-refractivity contribution < 1.29 is 19.4 Å². The Morgan fingerprint density at radius 3 is 2.53 bits per heavy atom. The van der Waals surface area contributed by atoms with Crippen LogP contribution in [0.4, 0.5) is 0 Å². The highest BCUT2D eigenvalue weighted by Crippen LogP contribution is 2.11. The van der Waals surface area contributed by atoms with Gasteiger partial charge in [0.15, 0.2) is 0 Å². The number of hydrogen-bond acceptors (Lipinski definition) is 3. The maximum absolute atomic E-state index is 11.4. The summed E-state index contributed by atoms with van der Waals surface area (Å²) in [5.41, 5.74) is 0.786. The minimum Gasteiger partial charge on any atom is -0.480 e. The number of halogens is 1.